The molecule has 110 valence electrons. The summed E-state index contributed by atoms with van der Waals surface area (Å²) in [5.74, 6) is -0.648. The Labute approximate surface area is 119 Å². The number of nitrogens with zero attached hydrogens (tertiary/aromatic N) is 1. The van der Waals surface area contributed by atoms with Crippen molar-refractivity contribution in [2.45, 2.75) is 26.3 Å². The van der Waals surface area contributed by atoms with Gasteiger partial charge in [-0.1, -0.05) is 12.1 Å². The molecule has 1 atom stereocenters. The Kier molecular flexibility index (Phi) is 6.03. The van der Waals surface area contributed by atoms with Crippen LogP contribution < -0.4 is 10.2 Å². The molecule has 1 aromatic carbocycles. The Morgan fingerprint density at radius 1 is 1.35 bits per heavy atom. The van der Waals surface area contributed by atoms with Gasteiger partial charge >= 0.3 is 5.97 Å². The molecule has 0 fully saturated rings. The summed E-state index contributed by atoms with van der Waals surface area (Å²) in [6.45, 7) is 3.44. The van der Waals surface area contributed by atoms with Crippen molar-refractivity contribution in [3.63, 3.8) is 0 Å². The first-order valence-electron chi connectivity index (χ1n) is 6.64. The Balaban J connectivity index is 2.85. The van der Waals surface area contributed by atoms with Crippen molar-refractivity contribution in [2.24, 2.45) is 0 Å². The summed E-state index contributed by atoms with van der Waals surface area (Å²) >= 11 is 0. The van der Waals surface area contributed by atoms with Crippen LogP contribution in [0.2, 0.25) is 0 Å². The van der Waals surface area contributed by atoms with Gasteiger partial charge in [-0.05, 0) is 24.6 Å². The molecule has 1 aromatic rings. The first-order chi connectivity index (χ1) is 9.43. The zero-order chi connectivity index (χ0) is 15.1. The average Bonchev–Trinajstić information content (AvgIpc) is 2.38. The van der Waals surface area contributed by atoms with Crippen molar-refractivity contribution in [3.05, 3.63) is 29.8 Å². The summed E-state index contributed by atoms with van der Waals surface area (Å²) < 4.78 is 4.99. The standard InChI is InChI=1S/C15H22N2O3/c1-5-20-15(19)14(16-11(2)18)10-12-7-6-8-13(9-12)17(3)4/h6-9,14H,5,10H2,1-4H3,(H,16,18)/t14-/m0/s1. The molecule has 0 unspecified atom stereocenters. The fraction of sp³-hybridized carbons (Fsp3) is 0.467. The zero-order valence-electron chi connectivity index (χ0n) is 12.5. The van der Waals surface area contributed by atoms with Crippen LogP contribution in [0.25, 0.3) is 0 Å². The van der Waals surface area contributed by atoms with Crippen molar-refractivity contribution in [2.75, 3.05) is 25.6 Å². The van der Waals surface area contributed by atoms with Crippen LogP contribution in [-0.4, -0.2) is 38.6 Å². The van der Waals surface area contributed by atoms with Gasteiger partial charge < -0.3 is 15.0 Å². The summed E-state index contributed by atoms with van der Waals surface area (Å²) in [5.41, 5.74) is 2.02. The lowest BCUT2D eigenvalue weighted by Crippen LogP contribution is -2.42. The largest absolute Gasteiger partial charge is 0.464 e. The van der Waals surface area contributed by atoms with Crippen LogP contribution in [0, 0.1) is 0 Å². The quantitative estimate of drug-likeness (QED) is 0.798. The molecule has 0 aliphatic rings. The predicted molar refractivity (Wildman–Crippen MR) is 78.7 cm³/mol. The van der Waals surface area contributed by atoms with Gasteiger partial charge in [0.1, 0.15) is 6.04 Å². The highest BCUT2D eigenvalue weighted by molar-refractivity contribution is 5.83. The van der Waals surface area contributed by atoms with E-state index in [1.165, 1.54) is 6.92 Å². The van der Waals surface area contributed by atoms with Crippen LogP contribution in [0.15, 0.2) is 24.3 Å². The molecule has 0 spiro atoms. The lowest BCUT2D eigenvalue weighted by atomic mass is 10.0. The van der Waals surface area contributed by atoms with Crippen molar-refractivity contribution in [3.8, 4) is 0 Å². The third-order valence-electron chi connectivity index (χ3n) is 2.82. The third kappa shape index (κ3) is 4.91. The first kappa shape index (κ1) is 16.0. The minimum absolute atomic E-state index is 0.244. The van der Waals surface area contributed by atoms with Gasteiger partial charge in [0.25, 0.3) is 0 Å². The van der Waals surface area contributed by atoms with Crippen LogP contribution in [0.5, 0.6) is 0 Å². The van der Waals surface area contributed by atoms with Gasteiger partial charge in [0, 0.05) is 33.1 Å². The number of rotatable bonds is 6. The van der Waals surface area contributed by atoms with E-state index >= 15 is 0 Å². The van der Waals surface area contributed by atoms with Gasteiger partial charge in [0.15, 0.2) is 0 Å². The molecule has 0 saturated heterocycles. The Bertz CT molecular complexity index is 472. The number of anilines is 1. The lowest BCUT2D eigenvalue weighted by molar-refractivity contribution is -0.147. The van der Waals surface area contributed by atoms with Crippen LogP contribution in [0.4, 0.5) is 5.69 Å². The number of benzene rings is 1. The minimum Gasteiger partial charge on any atom is -0.464 e. The highest BCUT2D eigenvalue weighted by atomic mass is 16.5. The van der Waals surface area contributed by atoms with Gasteiger partial charge in [-0.3, -0.25) is 4.79 Å². The topological polar surface area (TPSA) is 58.6 Å². The first-order valence-corrected chi connectivity index (χ1v) is 6.64. The van der Waals surface area contributed by atoms with E-state index in [1.54, 1.807) is 6.92 Å². The maximum atomic E-state index is 11.9. The number of carbonyl (C=O) groups is 2. The molecule has 0 bridgehead atoms. The maximum Gasteiger partial charge on any atom is 0.328 e. The second-order valence-corrected chi connectivity index (χ2v) is 4.77. The van der Waals surface area contributed by atoms with Crippen molar-refractivity contribution < 1.29 is 14.3 Å². The molecule has 20 heavy (non-hydrogen) atoms. The predicted octanol–water partition coefficient (Wildman–Crippen LogP) is 1.36. The van der Waals surface area contributed by atoms with Crippen LogP contribution in [-0.2, 0) is 20.7 Å². The summed E-state index contributed by atoms with van der Waals surface area (Å²) in [5, 5.41) is 2.63. The van der Waals surface area contributed by atoms with Gasteiger partial charge in [0.2, 0.25) is 5.91 Å². The highest BCUT2D eigenvalue weighted by Crippen LogP contribution is 2.15. The second kappa shape index (κ2) is 7.53. The number of carbonyl (C=O) groups excluding carboxylic acids is 2. The van der Waals surface area contributed by atoms with E-state index in [1.807, 2.05) is 43.3 Å². The number of nitrogens with one attached hydrogen (secondary N) is 1. The lowest BCUT2D eigenvalue weighted by Gasteiger charge is -2.18. The van der Waals surface area contributed by atoms with E-state index in [0.29, 0.717) is 13.0 Å². The molecule has 5 nitrogen and oxygen atoms in total. The smallest absolute Gasteiger partial charge is 0.328 e. The number of esters is 1. The molecular formula is C15H22N2O3. The Morgan fingerprint density at radius 2 is 2.05 bits per heavy atom. The summed E-state index contributed by atoms with van der Waals surface area (Å²) in [7, 11) is 3.91. The van der Waals surface area contributed by atoms with Crippen molar-refractivity contribution in [1.29, 1.82) is 0 Å². The second-order valence-electron chi connectivity index (χ2n) is 4.77. The molecule has 0 saturated carbocycles. The molecule has 0 aliphatic heterocycles. The molecule has 0 radical (unpaired) electrons. The number of amides is 1. The van der Waals surface area contributed by atoms with E-state index in [9.17, 15) is 9.59 Å². The molecule has 5 heteroatoms. The average molecular weight is 278 g/mol. The van der Waals surface area contributed by atoms with E-state index in [-0.39, 0.29) is 5.91 Å². The van der Waals surface area contributed by atoms with Gasteiger partial charge in [-0.25, -0.2) is 4.79 Å². The van der Waals surface area contributed by atoms with E-state index in [2.05, 4.69) is 5.32 Å². The fourth-order valence-electron chi connectivity index (χ4n) is 1.88. The fourth-order valence-corrected chi connectivity index (χ4v) is 1.88. The zero-order valence-corrected chi connectivity index (χ0v) is 12.5. The summed E-state index contributed by atoms with van der Waals surface area (Å²) in [4.78, 5) is 25.0. The molecule has 0 aliphatic carbocycles. The maximum absolute atomic E-state index is 11.9. The van der Waals surface area contributed by atoms with Crippen LogP contribution in [0.3, 0.4) is 0 Å². The molecule has 0 aromatic heterocycles. The Morgan fingerprint density at radius 3 is 2.60 bits per heavy atom. The van der Waals surface area contributed by atoms with Crippen LogP contribution >= 0.6 is 0 Å². The molecular weight excluding hydrogens is 256 g/mol. The van der Waals surface area contributed by atoms with Gasteiger partial charge in [-0.15, -0.1) is 0 Å². The minimum atomic E-state index is -0.648. The number of ether oxygens (including phenoxy) is 1. The number of hydrogen-bond acceptors (Lipinski definition) is 4. The van der Waals surface area contributed by atoms with E-state index in [4.69, 9.17) is 4.74 Å². The van der Waals surface area contributed by atoms with Gasteiger partial charge in [-0.2, -0.15) is 0 Å². The SMILES string of the molecule is CCOC(=O)[C@H](Cc1cccc(N(C)C)c1)NC(C)=O. The third-order valence-corrected chi connectivity index (χ3v) is 2.82. The Hall–Kier alpha value is -2.04. The van der Waals surface area contributed by atoms with E-state index in [0.717, 1.165) is 11.3 Å². The normalized spacial score (nSPS) is 11.6. The molecule has 1 N–H and O–H groups in total. The van der Waals surface area contributed by atoms with Gasteiger partial charge in [0.05, 0.1) is 6.61 Å². The van der Waals surface area contributed by atoms with Crippen LogP contribution in [0.1, 0.15) is 19.4 Å². The monoisotopic (exact) mass is 278 g/mol. The van der Waals surface area contributed by atoms with Crippen molar-refractivity contribution >= 4 is 17.6 Å². The number of hydrogen-bond donors (Lipinski definition) is 1. The molecule has 1 rings (SSSR count). The molecule has 1 amide bonds. The summed E-state index contributed by atoms with van der Waals surface area (Å²) in [6.07, 6.45) is 0.417. The van der Waals surface area contributed by atoms with Crippen molar-refractivity contribution in [1.82, 2.24) is 5.32 Å². The highest BCUT2D eigenvalue weighted by Gasteiger charge is 2.21. The summed E-state index contributed by atoms with van der Waals surface area (Å²) in [6, 6.07) is 7.20. The molecule has 0 heterocycles. The van der Waals surface area contributed by atoms with E-state index < -0.39 is 12.0 Å².